The summed E-state index contributed by atoms with van der Waals surface area (Å²) in [5.41, 5.74) is 0. The van der Waals surface area contributed by atoms with Gasteiger partial charge in [-0.3, -0.25) is 4.98 Å². The van der Waals surface area contributed by atoms with Crippen molar-refractivity contribution in [2.75, 3.05) is 13.7 Å². The second kappa shape index (κ2) is 4.17. The Bertz CT molecular complexity index is 468. The molecule has 78 valence electrons. The van der Waals surface area contributed by atoms with Gasteiger partial charge >= 0.3 is 0 Å². The third kappa shape index (κ3) is 1.86. The lowest BCUT2D eigenvalue weighted by Gasteiger charge is -2.07. The summed E-state index contributed by atoms with van der Waals surface area (Å²) >= 11 is 0. The van der Waals surface area contributed by atoms with Crippen LogP contribution in [-0.2, 0) is 0 Å². The number of nitrogens with zero attached hydrogens (tertiary/aromatic N) is 1. The summed E-state index contributed by atoms with van der Waals surface area (Å²) in [6.45, 7) is 2.63. The third-order valence-corrected chi connectivity index (χ3v) is 2.23. The van der Waals surface area contributed by atoms with Crippen molar-refractivity contribution < 1.29 is 9.47 Å². The zero-order chi connectivity index (χ0) is 10.7. The molecule has 0 radical (unpaired) electrons. The maximum Gasteiger partial charge on any atom is 0.145 e. The first kappa shape index (κ1) is 9.77. The first-order valence-electron chi connectivity index (χ1n) is 4.89. The van der Waals surface area contributed by atoms with E-state index in [1.54, 1.807) is 13.3 Å². The van der Waals surface area contributed by atoms with Crippen LogP contribution in [0.1, 0.15) is 6.92 Å². The first-order valence-corrected chi connectivity index (χ1v) is 4.89. The Labute approximate surface area is 88.7 Å². The van der Waals surface area contributed by atoms with E-state index in [-0.39, 0.29) is 0 Å². The van der Waals surface area contributed by atoms with Gasteiger partial charge in [-0.15, -0.1) is 0 Å². The van der Waals surface area contributed by atoms with E-state index in [1.807, 2.05) is 31.3 Å². The molecule has 2 aromatic rings. The fourth-order valence-electron chi connectivity index (χ4n) is 1.54. The number of aromatic nitrogens is 1. The molecule has 2 rings (SSSR count). The highest BCUT2D eigenvalue weighted by atomic mass is 16.5. The topological polar surface area (TPSA) is 31.4 Å². The van der Waals surface area contributed by atoms with Crippen molar-refractivity contribution in [3.8, 4) is 11.5 Å². The van der Waals surface area contributed by atoms with Gasteiger partial charge in [0.2, 0.25) is 0 Å². The zero-order valence-corrected chi connectivity index (χ0v) is 8.86. The fourth-order valence-corrected chi connectivity index (χ4v) is 1.54. The summed E-state index contributed by atoms with van der Waals surface area (Å²) in [6, 6.07) is 5.89. The van der Waals surface area contributed by atoms with Crippen molar-refractivity contribution in [1.82, 2.24) is 4.98 Å². The predicted octanol–water partition coefficient (Wildman–Crippen LogP) is 2.64. The standard InChI is InChI=1S/C12H13NO2/c1-3-15-10-5-4-9-7-13-8-12(14-2)11(9)6-10/h4-8H,3H2,1-2H3. The number of ether oxygens (including phenoxy) is 2. The highest BCUT2D eigenvalue weighted by Gasteiger charge is 2.02. The van der Waals surface area contributed by atoms with Gasteiger partial charge in [0.25, 0.3) is 0 Å². The Morgan fingerprint density at radius 3 is 2.87 bits per heavy atom. The third-order valence-electron chi connectivity index (χ3n) is 2.23. The van der Waals surface area contributed by atoms with Crippen LogP contribution in [0.5, 0.6) is 11.5 Å². The van der Waals surface area contributed by atoms with Crippen LogP contribution < -0.4 is 9.47 Å². The molecule has 0 spiro atoms. The van der Waals surface area contributed by atoms with Gasteiger partial charge in [-0.25, -0.2) is 0 Å². The number of pyridine rings is 1. The molecule has 0 aliphatic rings. The Kier molecular flexibility index (Phi) is 2.72. The van der Waals surface area contributed by atoms with E-state index in [0.717, 1.165) is 22.3 Å². The lowest BCUT2D eigenvalue weighted by molar-refractivity contribution is 0.340. The van der Waals surface area contributed by atoms with Crippen molar-refractivity contribution in [2.24, 2.45) is 0 Å². The highest BCUT2D eigenvalue weighted by Crippen LogP contribution is 2.27. The quantitative estimate of drug-likeness (QED) is 0.768. The van der Waals surface area contributed by atoms with Crippen LogP contribution in [0.2, 0.25) is 0 Å². The van der Waals surface area contributed by atoms with Crippen LogP contribution in [0.25, 0.3) is 10.8 Å². The van der Waals surface area contributed by atoms with Crippen molar-refractivity contribution in [2.45, 2.75) is 6.92 Å². The van der Waals surface area contributed by atoms with E-state index in [4.69, 9.17) is 9.47 Å². The average molecular weight is 203 g/mol. The average Bonchev–Trinajstić information content (AvgIpc) is 2.28. The summed E-state index contributed by atoms with van der Waals surface area (Å²) in [7, 11) is 1.64. The molecule has 0 atom stereocenters. The minimum atomic E-state index is 0.666. The smallest absolute Gasteiger partial charge is 0.145 e. The Balaban J connectivity index is 2.57. The predicted molar refractivity (Wildman–Crippen MR) is 59.5 cm³/mol. The van der Waals surface area contributed by atoms with Crippen molar-refractivity contribution in [3.63, 3.8) is 0 Å². The highest BCUT2D eigenvalue weighted by molar-refractivity contribution is 5.88. The molecule has 0 saturated heterocycles. The minimum Gasteiger partial charge on any atom is -0.494 e. The molecule has 1 aromatic heterocycles. The molecule has 1 aromatic carbocycles. The molecule has 0 amide bonds. The molecule has 0 N–H and O–H groups in total. The van der Waals surface area contributed by atoms with Crippen molar-refractivity contribution in [3.05, 3.63) is 30.6 Å². The van der Waals surface area contributed by atoms with Gasteiger partial charge in [-0.05, 0) is 25.1 Å². The van der Waals surface area contributed by atoms with Crippen LogP contribution in [0.3, 0.4) is 0 Å². The van der Waals surface area contributed by atoms with Gasteiger partial charge < -0.3 is 9.47 Å². The number of hydrogen-bond donors (Lipinski definition) is 0. The molecule has 0 aliphatic heterocycles. The molecule has 15 heavy (non-hydrogen) atoms. The number of benzene rings is 1. The van der Waals surface area contributed by atoms with Gasteiger partial charge in [0, 0.05) is 17.0 Å². The van der Waals surface area contributed by atoms with Crippen molar-refractivity contribution in [1.29, 1.82) is 0 Å². The summed E-state index contributed by atoms with van der Waals surface area (Å²) in [5, 5.41) is 2.08. The molecular weight excluding hydrogens is 190 g/mol. The van der Waals surface area contributed by atoms with Gasteiger partial charge in [0.1, 0.15) is 11.5 Å². The van der Waals surface area contributed by atoms with Gasteiger partial charge in [0.05, 0.1) is 19.9 Å². The van der Waals surface area contributed by atoms with E-state index in [9.17, 15) is 0 Å². The Hall–Kier alpha value is -1.77. The number of fused-ring (bicyclic) bond motifs is 1. The van der Waals surface area contributed by atoms with Crippen LogP contribution in [-0.4, -0.2) is 18.7 Å². The number of rotatable bonds is 3. The second-order valence-corrected chi connectivity index (χ2v) is 3.16. The van der Waals surface area contributed by atoms with Crippen LogP contribution in [0, 0.1) is 0 Å². The van der Waals surface area contributed by atoms with Crippen molar-refractivity contribution >= 4 is 10.8 Å². The lowest BCUT2D eigenvalue weighted by atomic mass is 10.1. The van der Waals surface area contributed by atoms with E-state index < -0.39 is 0 Å². The van der Waals surface area contributed by atoms with Crippen LogP contribution in [0.15, 0.2) is 30.6 Å². The molecular formula is C12H13NO2. The summed E-state index contributed by atoms with van der Waals surface area (Å²) in [6.07, 6.45) is 3.52. The lowest BCUT2D eigenvalue weighted by Crippen LogP contribution is -1.92. The normalized spacial score (nSPS) is 10.3. The maximum absolute atomic E-state index is 5.44. The van der Waals surface area contributed by atoms with Crippen LogP contribution in [0.4, 0.5) is 0 Å². The largest absolute Gasteiger partial charge is 0.494 e. The molecule has 1 heterocycles. The summed E-state index contributed by atoms with van der Waals surface area (Å²) in [5.74, 6) is 1.63. The summed E-state index contributed by atoms with van der Waals surface area (Å²) < 4.78 is 10.7. The molecule has 0 fully saturated rings. The van der Waals surface area contributed by atoms with E-state index in [1.165, 1.54) is 0 Å². The van der Waals surface area contributed by atoms with Gasteiger partial charge in [-0.1, -0.05) is 0 Å². The number of hydrogen-bond acceptors (Lipinski definition) is 3. The molecule has 0 saturated carbocycles. The zero-order valence-electron chi connectivity index (χ0n) is 8.86. The molecule has 3 nitrogen and oxygen atoms in total. The number of methoxy groups -OCH3 is 1. The Morgan fingerprint density at radius 2 is 2.13 bits per heavy atom. The SMILES string of the molecule is CCOc1ccc2cncc(OC)c2c1. The Morgan fingerprint density at radius 1 is 1.27 bits per heavy atom. The van der Waals surface area contributed by atoms with Gasteiger partial charge in [-0.2, -0.15) is 0 Å². The maximum atomic E-state index is 5.44. The fraction of sp³-hybridized carbons (Fsp3) is 0.250. The minimum absolute atomic E-state index is 0.666. The molecule has 0 unspecified atom stereocenters. The summed E-state index contributed by atoms with van der Waals surface area (Å²) in [4.78, 5) is 4.09. The van der Waals surface area contributed by atoms with E-state index in [0.29, 0.717) is 6.61 Å². The van der Waals surface area contributed by atoms with E-state index in [2.05, 4.69) is 4.98 Å². The van der Waals surface area contributed by atoms with E-state index >= 15 is 0 Å². The molecule has 0 bridgehead atoms. The van der Waals surface area contributed by atoms with Crippen LogP contribution >= 0.6 is 0 Å². The molecule has 0 aliphatic carbocycles. The molecule has 3 heteroatoms. The first-order chi connectivity index (χ1) is 7.35. The monoisotopic (exact) mass is 203 g/mol. The second-order valence-electron chi connectivity index (χ2n) is 3.16. The van der Waals surface area contributed by atoms with Gasteiger partial charge in [0.15, 0.2) is 0 Å².